The Balaban J connectivity index is 1.63. The highest BCUT2D eigenvalue weighted by molar-refractivity contribution is 6.30. The summed E-state index contributed by atoms with van der Waals surface area (Å²) in [6, 6.07) is 9.75. The lowest BCUT2D eigenvalue weighted by molar-refractivity contribution is 0.315. The van der Waals surface area contributed by atoms with Crippen LogP contribution in [0.2, 0.25) is 5.02 Å². The van der Waals surface area contributed by atoms with Gasteiger partial charge in [-0.2, -0.15) is 0 Å². The molecule has 0 spiro atoms. The van der Waals surface area contributed by atoms with Crippen molar-refractivity contribution in [3.05, 3.63) is 47.7 Å². The molecule has 5 heteroatoms. The van der Waals surface area contributed by atoms with Gasteiger partial charge < -0.3 is 10.1 Å². The lowest BCUT2D eigenvalue weighted by Crippen LogP contribution is -2.09. The first-order valence-corrected chi connectivity index (χ1v) is 6.11. The van der Waals surface area contributed by atoms with E-state index < -0.39 is 0 Å². The number of nitrogens with one attached hydrogen (secondary N) is 1. The predicted molar refractivity (Wildman–Crippen MR) is 72.1 cm³/mol. The van der Waals surface area contributed by atoms with Crippen molar-refractivity contribution in [3.63, 3.8) is 0 Å². The molecule has 1 heterocycles. The molecule has 4 nitrogen and oxygen atoms in total. The van der Waals surface area contributed by atoms with E-state index in [2.05, 4.69) is 15.3 Å². The third-order valence-electron chi connectivity index (χ3n) is 2.24. The fourth-order valence-corrected chi connectivity index (χ4v) is 1.48. The van der Waals surface area contributed by atoms with Crippen molar-refractivity contribution >= 4 is 17.5 Å². The minimum atomic E-state index is 0.535. The van der Waals surface area contributed by atoms with Crippen molar-refractivity contribution in [1.82, 2.24) is 9.97 Å². The average molecular weight is 264 g/mol. The number of para-hydroxylation sites is 1. The Bertz CT molecular complexity index is 461. The number of ether oxygens (including phenoxy) is 1. The van der Waals surface area contributed by atoms with Crippen molar-refractivity contribution in [2.24, 2.45) is 0 Å². The fraction of sp³-hybridized carbons (Fsp3) is 0.231. The maximum Gasteiger partial charge on any atom is 0.222 e. The summed E-state index contributed by atoms with van der Waals surface area (Å²) >= 11 is 5.69. The first-order valence-electron chi connectivity index (χ1n) is 5.74. The molecular weight excluding hydrogens is 250 g/mol. The Kier molecular flexibility index (Phi) is 4.78. The molecular formula is C13H14ClN3O. The Labute approximate surface area is 111 Å². The molecule has 0 saturated carbocycles. The second-order valence-electron chi connectivity index (χ2n) is 3.67. The van der Waals surface area contributed by atoms with Crippen LogP contribution in [0, 0.1) is 0 Å². The molecule has 0 amide bonds. The van der Waals surface area contributed by atoms with Gasteiger partial charge in [-0.25, -0.2) is 9.97 Å². The number of anilines is 1. The lowest BCUT2D eigenvalue weighted by Gasteiger charge is -2.06. The van der Waals surface area contributed by atoms with Gasteiger partial charge in [0.1, 0.15) is 5.75 Å². The zero-order chi connectivity index (χ0) is 12.6. The van der Waals surface area contributed by atoms with Gasteiger partial charge in [-0.15, -0.1) is 0 Å². The third-order valence-corrected chi connectivity index (χ3v) is 2.43. The number of hydrogen-bond acceptors (Lipinski definition) is 4. The Hall–Kier alpha value is -1.81. The second-order valence-corrected chi connectivity index (χ2v) is 4.10. The molecule has 0 atom stereocenters. The summed E-state index contributed by atoms with van der Waals surface area (Å²) in [5.41, 5.74) is 0. The van der Waals surface area contributed by atoms with Crippen molar-refractivity contribution in [1.29, 1.82) is 0 Å². The van der Waals surface area contributed by atoms with E-state index in [0.29, 0.717) is 17.6 Å². The first-order chi connectivity index (χ1) is 8.84. The molecule has 1 aromatic heterocycles. The molecule has 0 aliphatic carbocycles. The Morgan fingerprint density at radius 1 is 1.11 bits per heavy atom. The highest BCUT2D eigenvalue weighted by atomic mass is 35.5. The van der Waals surface area contributed by atoms with Gasteiger partial charge in [-0.1, -0.05) is 29.8 Å². The molecule has 2 aromatic rings. The van der Waals surface area contributed by atoms with E-state index in [1.54, 1.807) is 12.4 Å². The van der Waals surface area contributed by atoms with Crippen molar-refractivity contribution in [3.8, 4) is 5.75 Å². The zero-order valence-electron chi connectivity index (χ0n) is 9.84. The maximum absolute atomic E-state index is 5.69. The van der Waals surface area contributed by atoms with Crippen molar-refractivity contribution in [2.45, 2.75) is 6.42 Å². The summed E-state index contributed by atoms with van der Waals surface area (Å²) in [6.45, 7) is 1.42. The van der Waals surface area contributed by atoms with Gasteiger partial charge in [0.05, 0.1) is 24.0 Å². The number of nitrogens with zero attached hydrogens (tertiary/aromatic N) is 2. The summed E-state index contributed by atoms with van der Waals surface area (Å²) < 4.78 is 5.56. The van der Waals surface area contributed by atoms with Gasteiger partial charge in [-0.05, 0) is 18.6 Å². The van der Waals surface area contributed by atoms with E-state index in [1.165, 1.54) is 0 Å². The van der Waals surface area contributed by atoms with E-state index in [9.17, 15) is 0 Å². The molecule has 18 heavy (non-hydrogen) atoms. The van der Waals surface area contributed by atoms with Gasteiger partial charge in [0.2, 0.25) is 5.95 Å². The number of aromatic nitrogens is 2. The molecule has 1 N–H and O–H groups in total. The van der Waals surface area contributed by atoms with Crippen molar-refractivity contribution < 1.29 is 4.74 Å². The van der Waals surface area contributed by atoms with Crippen LogP contribution in [0.5, 0.6) is 5.75 Å². The molecule has 0 saturated heterocycles. The quantitative estimate of drug-likeness (QED) is 0.814. The van der Waals surface area contributed by atoms with Crippen LogP contribution in [0.1, 0.15) is 6.42 Å². The second kappa shape index (κ2) is 6.81. The van der Waals surface area contributed by atoms with Crippen molar-refractivity contribution in [2.75, 3.05) is 18.5 Å². The SMILES string of the molecule is Clc1cnc(NCCCOc2ccccc2)nc1. The maximum atomic E-state index is 5.69. The molecule has 0 unspecified atom stereocenters. The average Bonchev–Trinajstić information content (AvgIpc) is 2.42. The summed E-state index contributed by atoms with van der Waals surface area (Å²) in [5, 5.41) is 3.63. The number of halogens is 1. The minimum absolute atomic E-state index is 0.535. The summed E-state index contributed by atoms with van der Waals surface area (Å²) in [6.07, 6.45) is 4.01. The molecule has 0 aliphatic heterocycles. The van der Waals surface area contributed by atoms with Crippen LogP contribution in [-0.4, -0.2) is 23.1 Å². The first kappa shape index (κ1) is 12.6. The topological polar surface area (TPSA) is 47.0 Å². The van der Waals surface area contributed by atoms with Crippen LogP contribution in [0.15, 0.2) is 42.7 Å². The highest BCUT2D eigenvalue weighted by Crippen LogP contribution is 2.08. The molecule has 0 aliphatic rings. The van der Waals surface area contributed by atoms with Gasteiger partial charge in [0, 0.05) is 6.54 Å². The van der Waals surface area contributed by atoms with Crippen LogP contribution in [0.25, 0.3) is 0 Å². The number of benzene rings is 1. The number of rotatable bonds is 6. The lowest BCUT2D eigenvalue weighted by atomic mass is 10.3. The van der Waals surface area contributed by atoms with Gasteiger partial charge in [-0.3, -0.25) is 0 Å². The summed E-state index contributed by atoms with van der Waals surface area (Å²) in [4.78, 5) is 8.08. The smallest absolute Gasteiger partial charge is 0.222 e. The monoisotopic (exact) mass is 263 g/mol. The molecule has 1 aromatic carbocycles. The van der Waals surface area contributed by atoms with E-state index in [-0.39, 0.29) is 0 Å². The van der Waals surface area contributed by atoms with Crippen LogP contribution >= 0.6 is 11.6 Å². The van der Waals surface area contributed by atoms with E-state index >= 15 is 0 Å². The zero-order valence-corrected chi connectivity index (χ0v) is 10.6. The van der Waals surface area contributed by atoms with Crippen LogP contribution in [-0.2, 0) is 0 Å². The van der Waals surface area contributed by atoms with Gasteiger partial charge in [0.15, 0.2) is 0 Å². The predicted octanol–water partition coefficient (Wildman–Crippen LogP) is 3.01. The standard InChI is InChI=1S/C13H14ClN3O/c14-11-9-16-13(17-10-11)15-7-4-8-18-12-5-2-1-3-6-12/h1-3,5-6,9-10H,4,7-8H2,(H,15,16,17). The van der Waals surface area contributed by atoms with E-state index in [1.807, 2.05) is 30.3 Å². The van der Waals surface area contributed by atoms with Crippen LogP contribution in [0.4, 0.5) is 5.95 Å². The van der Waals surface area contributed by atoms with Crippen LogP contribution in [0.3, 0.4) is 0 Å². The van der Waals surface area contributed by atoms with Crippen LogP contribution < -0.4 is 10.1 Å². The van der Waals surface area contributed by atoms with Gasteiger partial charge in [0.25, 0.3) is 0 Å². The normalized spacial score (nSPS) is 10.1. The summed E-state index contributed by atoms with van der Waals surface area (Å²) in [5.74, 6) is 1.47. The highest BCUT2D eigenvalue weighted by Gasteiger charge is 1.96. The Morgan fingerprint density at radius 2 is 1.83 bits per heavy atom. The molecule has 2 rings (SSSR count). The van der Waals surface area contributed by atoms with Gasteiger partial charge >= 0.3 is 0 Å². The summed E-state index contributed by atoms with van der Waals surface area (Å²) in [7, 11) is 0. The fourth-order valence-electron chi connectivity index (χ4n) is 1.38. The largest absolute Gasteiger partial charge is 0.494 e. The van der Waals surface area contributed by atoms with E-state index in [0.717, 1.165) is 18.7 Å². The third kappa shape index (κ3) is 4.22. The molecule has 0 radical (unpaired) electrons. The molecule has 0 fully saturated rings. The minimum Gasteiger partial charge on any atom is -0.494 e. The molecule has 94 valence electrons. The number of hydrogen-bond donors (Lipinski definition) is 1. The molecule has 0 bridgehead atoms. The van der Waals surface area contributed by atoms with E-state index in [4.69, 9.17) is 16.3 Å². The Morgan fingerprint density at radius 3 is 2.56 bits per heavy atom.